The Hall–Kier alpha value is -1.36. The number of aromatic nitrogens is 2. The minimum atomic E-state index is -0.590. The number of aryl methyl sites for hydroxylation is 1. The van der Waals surface area contributed by atoms with Crippen molar-refractivity contribution >= 4 is 17.4 Å². The van der Waals surface area contributed by atoms with Crippen LogP contribution in [0.15, 0.2) is 15.8 Å². The highest BCUT2D eigenvalue weighted by molar-refractivity contribution is 6.30. The highest BCUT2D eigenvalue weighted by Crippen LogP contribution is 2.00. The highest BCUT2D eigenvalue weighted by atomic mass is 35.5. The van der Waals surface area contributed by atoms with E-state index in [9.17, 15) is 14.4 Å². The molecule has 1 aromatic heterocycles. The zero-order valence-corrected chi connectivity index (χ0v) is 9.71. The number of rotatable bonds is 5. The summed E-state index contributed by atoms with van der Waals surface area (Å²) < 4.78 is 1.30. The summed E-state index contributed by atoms with van der Waals surface area (Å²) in [5.41, 5.74) is -1.09. The van der Waals surface area contributed by atoms with Crippen LogP contribution in [0.25, 0.3) is 0 Å². The Kier molecular flexibility index (Phi) is 4.49. The molecule has 0 aliphatic rings. The number of aromatic amines is 1. The van der Waals surface area contributed by atoms with Crippen LogP contribution in [0.4, 0.5) is 0 Å². The second-order valence-electron chi connectivity index (χ2n) is 3.43. The van der Waals surface area contributed by atoms with Crippen molar-refractivity contribution in [2.75, 3.05) is 0 Å². The second kappa shape index (κ2) is 5.65. The van der Waals surface area contributed by atoms with Crippen LogP contribution < -0.4 is 11.2 Å². The number of carbonyl (C=O) groups excluding carboxylic acids is 1. The number of H-pyrrole nitrogens is 1. The van der Waals surface area contributed by atoms with E-state index in [1.165, 1.54) is 10.8 Å². The van der Waals surface area contributed by atoms with E-state index in [1.807, 2.05) is 0 Å². The third-order valence-electron chi connectivity index (χ3n) is 2.22. The molecule has 1 N–H and O–H groups in total. The lowest BCUT2D eigenvalue weighted by Crippen LogP contribution is -2.29. The zero-order valence-electron chi connectivity index (χ0n) is 8.96. The van der Waals surface area contributed by atoms with Crippen LogP contribution in [0, 0.1) is 0 Å². The van der Waals surface area contributed by atoms with Crippen molar-refractivity contribution in [1.29, 1.82) is 0 Å². The summed E-state index contributed by atoms with van der Waals surface area (Å²) in [7, 11) is 0. The van der Waals surface area contributed by atoms with E-state index in [2.05, 4.69) is 4.98 Å². The molecule has 5 nitrogen and oxygen atoms in total. The van der Waals surface area contributed by atoms with Gasteiger partial charge in [-0.25, -0.2) is 4.79 Å². The van der Waals surface area contributed by atoms with E-state index >= 15 is 0 Å². The third-order valence-corrected chi connectivity index (χ3v) is 2.49. The average molecular weight is 245 g/mol. The van der Waals surface area contributed by atoms with E-state index in [0.29, 0.717) is 25.8 Å². The van der Waals surface area contributed by atoms with Crippen molar-refractivity contribution in [2.24, 2.45) is 0 Å². The van der Waals surface area contributed by atoms with Crippen LogP contribution in [-0.4, -0.2) is 15.3 Å². The highest BCUT2D eigenvalue weighted by Gasteiger charge is 2.03. The molecule has 16 heavy (non-hydrogen) atoms. The van der Waals surface area contributed by atoms with Crippen LogP contribution in [0.2, 0.25) is 5.02 Å². The van der Waals surface area contributed by atoms with Gasteiger partial charge in [0.05, 0.1) is 0 Å². The van der Waals surface area contributed by atoms with Gasteiger partial charge in [-0.2, -0.15) is 0 Å². The SMILES string of the molecule is CCC(=O)CCCn1cc(Cl)c(=O)[nH]c1=O. The average Bonchev–Trinajstić information content (AvgIpc) is 2.25. The number of nitrogens with zero attached hydrogens (tertiary/aromatic N) is 1. The molecule has 0 amide bonds. The van der Waals surface area contributed by atoms with Crippen molar-refractivity contribution in [3.8, 4) is 0 Å². The number of nitrogens with one attached hydrogen (secondary N) is 1. The summed E-state index contributed by atoms with van der Waals surface area (Å²) in [5.74, 6) is 0.156. The number of hydrogen-bond donors (Lipinski definition) is 1. The Bertz CT molecular complexity index is 490. The van der Waals surface area contributed by atoms with Crippen molar-refractivity contribution in [1.82, 2.24) is 9.55 Å². The van der Waals surface area contributed by atoms with Crippen molar-refractivity contribution in [3.05, 3.63) is 32.1 Å². The Balaban J connectivity index is 2.68. The molecule has 0 saturated heterocycles. The molecule has 0 aromatic carbocycles. The largest absolute Gasteiger partial charge is 0.328 e. The fourth-order valence-corrected chi connectivity index (χ4v) is 1.44. The Morgan fingerprint density at radius 3 is 2.81 bits per heavy atom. The van der Waals surface area contributed by atoms with Gasteiger partial charge < -0.3 is 0 Å². The molecule has 0 spiro atoms. The van der Waals surface area contributed by atoms with Gasteiger partial charge in [-0.3, -0.25) is 19.1 Å². The Morgan fingerprint density at radius 2 is 2.19 bits per heavy atom. The summed E-state index contributed by atoms with van der Waals surface area (Å²) in [6, 6.07) is 0. The van der Waals surface area contributed by atoms with Crippen molar-refractivity contribution < 1.29 is 4.79 Å². The summed E-state index contributed by atoms with van der Waals surface area (Å²) in [4.78, 5) is 35.4. The lowest BCUT2D eigenvalue weighted by molar-refractivity contribution is -0.118. The topological polar surface area (TPSA) is 71.9 Å². The minimum absolute atomic E-state index is 0.0265. The van der Waals surface area contributed by atoms with Crippen LogP contribution in [0.1, 0.15) is 26.2 Å². The predicted octanol–water partition coefficient (Wildman–Crippen LogP) is 0.949. The van der Waals surface area contributed by atoms with E-state index in [0.717, 1.165) is 0 Å². The first-order chi connectivity index (χ1) is 7.54. The Morgan fingerprint density at radius 1 is 1.50 bits per heavy atom. The van der Waals surface area contributed by atoms with Crippen LogP contribution >= 0.6 is 11.6 Å². The molecular weight excluding hydrogens is 232 g/mol. The van der Waals surface area contributed by atoms with E-state index in [-0.39, 0.29) is 10.8 Å². The molecule has 1 rings (SSSR count). The smallest absolute Gasteiger partial charge is 0.300 e. The van der Waals surface area contributed by atoms with Gasteiger partial charge in [0.2, 0.25) is 0 Å². The summed E-state index contributed by atoms with van der Waals surface area (Å²) in [6.45, 7) is 2.17. The molecule has 0 saturated carbocycles. The van der Waals surface area contributed by atoms with Gasteiger partial charge in [0.1, 0.15) is 10.8 Å². The Labute approximate surface area is 97.1 Å². The molecule has 1 aromatic rings. The van der Waals surface area contributed by atoms with Crippen molar-refractivity contribution in [2.45, 2.75) is 32.7 Å². The molecule has 0 unspecified atom stereocenters. The van der Waals surface area contributed by atoms with Crippen molar-refractivity contribution in [3.63, 3.8) is 0 Å². The van der Waals surface area contributed by atoms with Gasteiger partial charge in [-0.15, -0.1) is 0 Å². The fraction of sp³-hybridized carbons (Fsp3) is 0.500. The quantitative estimate of drug-likeness (QED) is 0.838. The number of carbonyl (C=O) groups is 1. The second-order valence-corrected chi connectivity index (χ2v) is 3.83. The lowest BCUT2D eigenvalue weighted by Gasteiger charge is -2.04. The van der Waals surface area contributed by atoms with Gasteiger partial charge in [-0.05, 0) is 6.42 Å². The van der Waals surface area contributed by atoms with Gasteiger partial charge in [0.25, 0.3) is 5.56 Å². The number of halogens is 1. The zero-order chi connectivity index (χ0) is 12.1. The van der Waals surface area contributed by atoms with Gasteiger partial charge in [0, 0.05) is 25.6 Å². The van der Waals surface area contributed by atoms with Gasteiger partial charge in [0.15, 0.2) is 0 Å². The summed E-state index contributed by atoms with van der Waals surface area (Å²) >= 11 is 5.58. The van der Waals surface area contributed by atoms with Crippen LogP contribution in [-0.2, 0) is 11.3 Å². The van der Waals surface area contributed by atoms with Crippen LogP contribution in [0.5, 0.6) is 0 Å². The predicted molar refractivity (Wildman–Crippen MR) is 60.9 cm³/mol. The molecular formula is C10H13ClN2O3. The fourth-order valence-electron chi connectivity index (χ4n) is 1.27. The first-order valence-corrected chi connectivity index (χ1v) is 5.43. The number of hydrogen-bond acceptors (Lipinski definition) is 3. The van der Waals surface area contributed by atoms with E-state index in [4.69, 9.17) is 11.6 Å². The summed E-state index contributed by atoms with van der Waals surface area (Å²) in [5, 5.41) is -0.0265. The van der Waals surface area contributed by atoms with Gasteiger partial charge >= 0.3 is 5.69 Å². The molecule has 6 heteroatoms. The molecule has 0 fully saturated rings. The molecule has 88 valence electrons. The monoisotopic (exact) mass is 244 g/mol. The maximum atomic E-state index is 11.3. The third kappa shape index (κ3) is 3.34. The first-order valence-electron chi connectivity index (χ1n) is 5.05. The molecule has 0 aliphatic carbocycles. The normalized spacial score (nSPS) is 10.4. The maximum Gasteiger partial charge on any atom is 0.328 e. The lowest BCUT2D eigenvalue weighted by atomic mass is 10.2. The summed E-state index contributed by atoms with van der Waals surface area (Å²) in [6.07, 6.45) is 2.79. The van der Waals surface area contributed by atoms with Crippen LogP contribution in [0.3, 0.4) is 0 Å². The first kappa shape index (κ1) is 12.7. The molecule has 0 atom stereocenters. The number of Topliss-reactive ketones (excluding diaryl/α,β-unsaturated/α-hetero) is 1. The molecule has 1 heterocycles. The minimum Gasteiger partial charge on any atom is -0.300 e. The molecule has 0 bridgehead atoms. The number of ketones is 1. The van der Waals surface area contributed by atoms with Gasteiger partial charge in [-0.1, -0.05) is 18.5 Å². The van der Waals surface area contributed by atoms with E-state index in [1.54, 1.807) is 6.92 Å². The van der Waals surface area contributed by atoms with E-state index < -0.39 is 11.2 Å². The molecule has 0 radical (unpaired) electrons. The molecule has 0 aliphatic heterocycles. The maximum absolute atomic E-state index is 11.3. The standard InChI is InChI=1S/C10H13ClN2O3/c1-2-7(14)4-3-5-13-6-8(11)9(15)12-10(13)16/h6H,2-5H2,1H3,(H,12,15,16).